The van der Waals surface area contributed by atoms with Crippen LogP contribution in [0.15, 0.2) is 72.8 Å². The molecule has 1 aliphatic rings. The lowest BCUT2D eigenvalue weighted by Gasteiger charge is -2.49. The van der Waals surface area contributed by atoms with Crippen molar-refractivity contribution in [2.24, 2.45) is 0 Å². The summed E-state index contributed by atoms with van der Waals surface area (Å²) in [6.07, 6.45) is 0.234. The normalized spacial score (nSPS) is 19.2. The first-order valence-electron chi connectivity index (χ1n) is 12.4. The summed E-state index contributed by atoms with van der Waals surface area (Å²) in [5, 5.41) is 9.37. The third-order valence-electron chi connectivity index (χ3n) is 7.01. The van der Waals surface area contributed by atoms with Crippen molar-refractivity contribution >= 4 is 0 Å². The monoisotopic (exact) mass is 498 g/mol. The van der Waals surface area contributed by atoms with Crippen LogP contribution >= 0.6 is 0 Å². The molecule has 0 saturated carbocycles. The number of rotatable bonds is 10. The summed E-state index contributed by atoms with van der Waals surface area (Å²) in [5.74, 6) is -0.913. The van der Waals surface area contributed by atoms with Gasteiger partial charge in [0.05, 0.1) is 12.1 Å². The van der Waals surface area contributed by atoms with E-state index in [-0.39, 0.29) is 29.6 Å². The molecule has 36 heavy (non-hydrogen) atoms. The molecule has 3 aromatic rings. The van der Waals surface area contributed by atoms with Crippen LogP contribution < -0.4 is 0 Å². The van der Waals surface area contributed by atoms with Gasteiger partial charge in [-0.3, -0.25) is 9.80 Å². The second-order valence-electron chi connectivity index (χ2n) is 9.48. The predicted octanol–water partition coefficient (Wildman–Crippen LogP) is 5.13. The fourth-order valence-electron chi connectivity index (χ4n) is 4.98. The fraction of sp³-hybridized carbons (Fsp3) is 0.379. The highest BCUT2D eigenvalue weighted by atomic mass is 19.1. The van der Waals surface area contributed by atoms with Gasteiger partial charge in [-0.15, -0.1) is 0 Å². The van der Waals surface area contributed by atoms with Gasteiger partial charge in [0.2, 0.25) is 0 Å². The van der Waals surface area contributed by atoms with Gasteiger partial charge in [-0.25, -0.2) is 13.2 Å². The van der Waals surface area contributed by atoms with Gasteiger partial charge >= 0.3 is 0 Å². The zero-order valence-corrected chi connectivity index (χ0v) is 20.5. The molecule has 7 heteroatoms. The van der Waals surface area contributed by atoms with Crippen LogP contribution in [0.25, 0.3) is 0 Å². The molecule has 1 heterocycles. The Morgan fingerprint density at radius 1 is 0.806 bits per heavy atom. The van der Waals surface area contributed by atoms with Crippen molar-refractivity contribution < 1.29 is 23.0 Å². The van der Waals surface area contributed by atoms with E-state index in [9.17, 15) is 18.3 Å². The summed E-state index contributed by atoms with van der Waals surface area (Å²) in [6, 6.07) is 19.0. The molecule has 0 aromatic heterocycles. The maximum atomic E-state index is 13.6. The maximum Gasteiger partial charge on any atom is 0.123 e. The highest BCUT2D eigenvalue weighted by molar-refractivity contribution is 5.31. The van der Waals surface area contributed by atoms with Crippen molar-refractivity contribution in [3.63, 3.8) is 0 Å². The van der Waals surface area contributed by atoms with Crippen molar-refractivity contribution in [3.8, 4) is 0 Å². The van der Waals surface area contributed by atoms with Crippen LogP contribution in [-0.2, 0) is 10.3 Å². The minimum Gasteiger partial charge on any atom is -0.396 e. The standard InChI is InChI=1S/C29H33F3N2O2/c1-29(24-7-13-27(32)14-8-24)21-33(16-17-34(29)15-2-19-35)18-20-36-28(22-3-9-25(30)10-4-22)23-5-11-26(31)12-6-23/h3-14,28,35H,2,15-21H2,1H3. The lowest BCUT2D eigenvalue weighted by Crippen LogP contribution is -2.59. The van der Waals surface area contributed by atoms with Crippen LogP contribution in [-0.4, -0.2) is 60.8 Å². The molecule has 1 aliphatic heterocycles. The van der Waals surface area contributed by atoms with Crippen LogP contribution in [0.1, 0.15) is 36.1 Å². The molecule has 1 unspecified atom stereocenters. The topological polar surface area (TPSA) is 35.9 Å². The Bertz CT molecular complexity index is 1050. The molecular weight excluding hydrogens is 465 g/mol. The number of hydrogen-bond donors (Lipinski definition) is 1. The summed E-state index contributed by atoms with van der Waals surface area (Å²) >= 11 is 0. The van der Waals surface area contributed by atoms with Crippen LogP contribution in [0, 0.1) is 17.5 Å². The summed E-state index contributed by atoms with van der Waals surface area (Å²) in [7, 11) is 0. The molecule has 1 N–H and O–H groups in total. The molecule has 4 nitrogen and oxygen atoms in total. The first-order chi connectivity index (χ1) is 17.4. The van der Waals surface area contributed by atoms with E-state index in [4.69, 9.17) is 4.74 Å². The molecule has 4 rings (SSSR count). The largest absolute Gasteiger partial charge is 0.396 e. The fourth-order valence-corrected chi connectivity index (χ4v) is 4.98. The average Bonchev–Trinajstić information content (AvgIpc) is 2.88. The van der Waals surface area contributed by atoms with Crippen LogP contribution in [0.4, 0.5) is 13.2 Å². The molecule has 0 spiro atoms. The number of benzene rings is 3. The third-order valence-corrected chi connectivity index (χ3v) is 7.01. The highest BCUT2D eigenvalue weighted by Crippen LogP contribution is 2.33. The third kappa shape index (κ3) is 6.34. The lowest BCUT2D eigenvalue weighted by molar-refractivity contribution is -0.0160. The minimum atomic E-state index is -0.444. The van der Waals surface area contributed by atoms with E-state index >= 15 is 0 Å². The number of aliphatic hydroxyl groups is 1. The van der Waals surface area contributed by atoms with Gasteiger partial charge in [-0.1, -0.05) is 36.4 Å². The molecule has 1 atom stereocenters. The van der Waals surface area contributed by atoms with Gasteiger partial charge in [-0.2, -0.15) is 0 Å². The number of hydrogen-bond acceptors (Lipinski definition) is 4. The second kappa shape index (κ2) is 12.0. The van der Waals surface area contributed by atoms with Gasteiger partial charge in [0.25, 0.3) is 0 Å². The average molecular weight is 499 g/mol. The van der Waals surface area contributed by atoms with Crippen molar-refractivity contribution in [3.05, 3.63) is 107 Å². The first-order valence-corrected chi connectivity index (χ1v) is 12.4. The molecular formula is C29H33F3N2O2. The quantitative estimate of drug-likeness (QED) is 0.421. The number of piperazine rings is 1. The van der Waals surface area contributed by atoms with E-state index in [1.54, 1.807) is 24.3 Å². The van der Waals surface area contributed by atoms with E-state index in [0.717, 1.165) is 42.9 Å². The maximum absolute atomic E-state index is 13.6. The Morgan fingerprint density at radius 2 is 1.33 bits per heavy atom. The van der Waals surface area contributed by atoms with Crippen LogP contribution in [0.5, 0.6) is 0 Å². The lowest BCUT2D eigenvalue weighted by atomic mass is 9.87. The molecule has 0 bridgehead atoms. The van der Waals surface area contributed by atoms with Crippen molar-refractivity contribution in [2.75, 3.05) is 45.9 Å². The Kier molecular flexibility index (Phi) is 8.80. The van der Waals surface area contributed by atoms with E-state index in [1.807, 2.05) is 12.1 Å². The number of ether oxygens (including phenoxy) is 1. The van der Waals surface area contributed by atoms with Crippen molar-refractivity contribution in [1.82, 2.24) is 9.80 Å². The van der Waals surface area contributed by atoms with Gasteiger partial charge in [-0.05, 0) is 66.4 Å². The highest BCUT2D eigenvalue weighted by Gasteiger charge is 2.38. The SMILES string of the molecule is CC1(c2ccc(F)cc2)CN(CCOC(c2ccc(F)cc2)c2ccc(F)cc2)CCN1CCCO. The Hall–Kier alpha value is -2.71. The molecule has 1 saturated heterocycles. The second-order valence-corrected chi connectivity index (χ2v) is 9.48. The van der Waals surface area contributed by atoms with E-state index in [0.29, 0.717) is 19.6 Å². The van der Waals surface area contributed by atoms with Crippen molar-refractivity contribution in [2.45, 2.75) is 25.0 Å². The number of halogens is 3. The smallest absolute Gasteiger partial charge is 0.123 e. The van der Waals surface area contributed by atoms with E-state index in [1.165, 1.54) is 36.4 Å². The number of aliphatic hydroxyl groups excluding tert-OH is 1. The first kappa shape index (κ1) is 26.4. The summed E-state index contributed by atoms with van der Waals surface area (Å²) in [5.41, 5.74) is 2.29. The zero-order valence-electron chi connectivity index (χ0n) is 20.5. The van der Waals surface area contributed by atoms with E-state index in [2.05, 4.69) is 16.7 Å². The molecule has 0 aliphatic carbocycles. The molecule has 1 fully saturated rings. The number of nitrogens with zero attached hydrogens (tertiary/aromatic N) is 2. The minimum absolute atomic E-state index is 0.127. The Morgan fingerprint density at radius 3 is 1.86 bits per heavy atom. The van der Waals surface area contributed by atoms with Crippen molar-refractivity contribution in [1.29, 1.82) is 0 Å². The Balaban J connectivity index is 1.46. The Labute approximate surface area is 210 Å². The molecule has 0 amide bonds. The van der Waals surface area contributed by atoms with E-state index < -0.39 is 6.10 Å². The molecule has 3 aromatic carbocycles. The zero-order chi connectivity index (χ0) is 25.5. The molecule has 0 radical (unpaired) electrons. The summed E-state index contributed by atoms with van der Waals surface area (Å²) in [4.78, 5) is 4.68. The van der Waals surface area contributed by atoms with Crippen LogP contribution in [0.2, 0.25) is 0 Å². The van der Waals surface area contributed by atoms with Crippen LogP contribution in [0.3, 0.4) is 0 Å². The summed E-state index contributed by atoms with van der Waals surface area (Å²) in [6.45, 7) is 6.51. The van der Waals surface area contributed by atoms with Gasteiger partial charge < -0.3 is 9.84 Å². The van der Waals surface area contributed by atoms with Gasteiger partial charge in [0.15, 0.2) is 0 Å². The molecule has 192 valence electrons. The van der Waals surface area contributed by atoms with Gasteiger partial charge in [0.1, 0.15) is 23.6 Å². The summed E-state index contributed by atoms with van der Waals surface area (Å²) < 4.78 is 46.9. The van der Waals surface area contributed by atoms with Gasteiger partial charge in [0, 0.05) is 39.3 Å². The predicted molar refractivity (Wildman–Crippen MR) is 134 cm³/mol.